The first kappa shape index (κ1) is 8.05. The first-order valence-corrected chi connectivity index (χ1v) is 4.56. The fourth-order valence-electron chi connectivity index (χ4n) is 1.80. The molecule has 1 aliphatic carbocycles. The van der Waals surface area contributed by atoms with E-state index in [1.807, 2.05) is 0 Å². The molecule has 0 bridgehead atoms. The molecule has 1 saturated heterocycles. The average Bonchev–Trinajstić information content (AvgIpc) is 2.69. The van der Waals surface area contributed by atoms with Gasteiger partial charge in [0.1, 0.15) is 0 Å². The molecule has 2 rings (SSSR count). The summed E-state index contributed by atoms with van der Waals surface area (Å²) in [4.78, 5) is 10.9. The zero-order chi connectivity index (χ0) is 8.60. The lowest BCUT2D eigenvalue weighted by Gasteiger charge is -2.30. The van der Waals surface area contributed by atoms with Gasteiger partial charge in [-0.1, -0.05) is 12.8 Å². The molecule has 12 heavy (non-hydrogen) atoms. The van der Waals surface area contributed by atoms with Gasteiger partial charge in [-0.15, -0.1) is 0 Å². The normalized spacial score (nSPS) is 36.2. The van der Waals surface area contributed by atoms with Crippen molar-refractivity contribution in [1.29, 1.82) is 0 Å². The Morgan fingerprint density at radius 1 is 1.58 bits per heavy atom. The summed E-state index contributed by atoms with van der Waals surface area (Å²) >= 11 is 0. The van der Waals surface area contributed by atoms with Crippen LogP contribution >= 0.6 is 0 Å². The largest absolute Gasteiger partial charge is 0.465 e. The maximum absolute atomic E-state index is 10.9. The quantitative estimate of drug-likeness (QED) is 0.625. The molecule has 1 unspecified atom stereocenters. The van der Waals surface area contributed by atoms with E-state index in [0.717, 1.165) is 6.42 Å². The molecular formula is C9H14O3. The van der Waals surface area contributed by atoms with Crippen LogP contribution in [0, 0.1) is 5.92 Å². The van der Waals surface area contributed by atoms with E-state index in [2.05, 4.69) is 0 Å². The number of carbonyl (C=O) groups excluding carboxylic acids is 1. The summed E-state index contributed by atoms with van der Waals surface area (Å²) in [5.41, 5.74) is -0.740. The van der Waals surface area contributed by atoms with Gasteiger partial charge in [0, 0.05) is 6.42 Å². The molecule has 1 aliphatic heterocycles. The van der Waals surface area contributed by atoms with Crippen LogP contribution in [0.1, 0.15) is 32.1 Å². The Hall–Kier alpha value is -0.570. The van der Waals surface area contributed by atoms with Crippen molar-refractivity contribution < 1.29 is 14.6 Å². The molecule has 68 valence electrons. The van der Waals surface area contributed by atoms with Crippen molar-refractivity contribution in [2.24, 2.45) is 5.92 Å². The van der Waals surface area contributed by atoms with Crippen LogP contribution in [0.2, 0.25) is 0 Å². The molecule has 0 aromatic carbocycles. The van der Waals surface area contributed by atoms with Gasteiger partial charge in [0.05, 0.1) is 18.6 Å². The van der Waals surface area contributed by atoms with E-state index < -0.39 is 5.60 Å². The highest BCUT2D eigenvalue weighted by Crippen LogP contribution is 2.40. The fraction of sp³-hybridized carbons (Fsp3) is 0.889. The van der Waals surface area contributed by atoms with Gasteiger partial charge in [0.25, 0.3) is 0 Å². The zero-order valence-electron chi connectivity index (χ0n) is 7.08. The number of hydrogen-bond donors (Lipinski definition) is 1. The molecule has 0 aromatic rings. The molecule has 3 nitrogen and oxygen atoms in total. The fourth-order valence-corrected chi connectivity index (χ4v) is 1.80. The molecule has 2 aliphatic rings. The molecule has 1 saturated carbocycles. The molecule has 0 amide bonds. The Kier molecular flexibility index (Phi) is 1.83. The van der Waals surface area contributed by atoms with E-state index >= 15 is 0 Å². The number of carbonyl (C=O) groups is 1. The van der Waals surface area contributed by atoms with Crippen LogP contribution in [0.4, 0.5) is 0 Å². The van der Waals surface area contributed by atoms with Crippen molar-refractivity contribution in [3.8, 4) is 0 Å². The molecule has 2 fully saturated rings. The van der Waals surface area contributed by atoms with E-state index in [9.17, 15) is 9.90 Å². The van der Waals surface area contributed by atoms with Crippen LogP contribution in [0.5, 0.6) is 0 Å². The lowest BCUT2D eigenvalue weighted by molar-refractivity contribution is -0.160. The zero-order valence-corrected chi connectivity index (χ0v) is 7.08. The van der Waals surface area contributed by atoms with E-state index in [1.54, 1.807) is 0 Å². The molecular weight excluding hydrogens is 156 g/mol. The standard InChI is InChI=1S/C9H14O3/c10-8-6-9(11,3-4-12-8)5-7-1-2-7/h7,11H,1-6H2. The molecule has 0 spiro atoms. The summed E-state index contributed by atoms with van der Waals surface area (Å²) in [7, 11) is 0. The lowest BCUT2D eigenvalue weighted by Crippen LogP contribution is -2.39. The SMILES string of the molecule is O=C1CC(O)(CC2CC2)CCO1. The highest BCUT2D eigenvalue weighted by atomic mass is 16.5. The van der Waals surface area contributed by atoms with Crippen molar-refractivity contribution in [3.63, 3.8) is 0 Å². The van der Waals surface area contributed by atoms with Crippen molar-refractivity contribution >= 4 is 5.97 Å². The Morgan fingerprint density at radius 2 is 2.33 bits per heavy atom. The second-order valence-corrected chi connectivity index (χ2v) is 4.02. The summed E-state index contributed by atoms with van der Waals surface area (Å²) < 4.78 is 4.78. The van der Waals surface area contributed by atoms with Crippen LogP contribution < -0.4 is 0 Å². The van der Waals surface area contributed by atoms with E-state index in [0.29, 0.717) is 18.9 Å². The minimum Gasteiger partial charge on any atom is -0.465 e. The second kappa shape index (κ2) is 2.73. The minimum absolute atomic E-state index is 0.198. The van der Waals surface area contributed by atoms with E-state index in [1.165, 1.54) is 12.8 Å². The van der Waals surface area contributed by atoms with Crippen LogP contribution in [0.25, 0.3) is 0 Å². The Bertz CT molecular complexity index is 198. The van der Waals surface area contributed by atoms with E-state index in [-0.39, 0.29) is 12.4 Å². The maximum atomic E-state index is 10.9. The maximum Gasteiger partial charge on any atom is 0.308 e. The molecule has 1 heterocycles. The van der Waals surface area contributed by atoms with Crippen LogP contribution in [-0.4, -0.2) is 23.3 Å². The Balaban J connectivity index is 1.92. The van der Waals surface area contributed by atoms with Crippen LogP contribution in [0.15, 0.2) is 0 Å². The Morgan fingerprint density at radius 3 is 2.92 bits per heavy atom. The molecule has 1 N–H and O–H groups in total. The van der Waals surface area contributed by atoms with Gasteiger partial charge < -0.3 is 9.84 Å². The van der Waals surface area contributed by atoms with Crippen molar-refractivity contribution in [3.05, 3.63) is 0 Å². The summed E-state index contributed by atoms with van der Waals surface area (Å²) in [5.74, 6) is 0.422. The van der Waals surface area contributed by atoms with Crippen LogP contribution in [-0.2, 0) is 9.53 Å². The smallest absolute Gasteiger partial charge is 0.308 e. The van der Waals surface area contributed by atoms with Gasteiger partial charge in [-0.3, -0.25) is 4.79 Å². The van der Waals surface area contributed by atoms with Gasteiger partial charge in [0.15, 0.2) is 0 Å². The number of hydrogen-bond acceptors (Lipinski definition) is 3. The third-order valence-corrected chi connectivity index (χ3v) is 2.67. The molecule has 3 heteroatoms. The van der Waals surface area contributed by atoms with Crippen molar-refractivity contribution in [2.45, 2.75) is 37.7 Å². The van der Waals surface area contributed by atoms with Crippen LogP contribution in [0.3, 0.4) is 0 Å². The van der Waals surface area contributed by atoms with E-state index in [4.69, 9.17) is 4.74 Å². The van der Waals surface area contributed by atoms with Gasteiger partial charge in [0.2, 0.25) is 0 Å². The minimum atomic E-state index is -0.740. The predicted molar refractivity (Wildman–Crippen MR) is 42.5 cm³/mol. The molecule has 0 aromatic heterocycles. The highest BCUT2D eigenvalue weighted by molar-refractivity contribution is 5.71. The van der Waals surface area contributed by atoms with Gasteiger partial charge in [-0.2, -0.15) is 0 Å². The predicted octanol–water partition coefficient (Wildman–Crippen LogP) is 0.855. The first-order valence-electron chi connectivity index (χ1n) is 4.56. The summed E-state index contributed by atoms with van der Waals surface area (Å²) in [6.07, 6.45) is 4.05. The second-order valence-electron chi connectivity index (χ2n) is 4.02. The third kappa shape index (κ3) is 1.78. The number of aliphatic hydroxyl groups is 1. The monoisotopic (exact) mass is 170 g/mol. The number of ether oxygens (including phenoxy) is 1. The summed E-state index contributed by atoms with van der Waals surface area (Å²) in [5, 5.41) is 9.95. The highest BCUT2D eigenvalue weighted by Gasteiger charge is 2.39. The number of rotatable bonds is 2. The number of cyclic esters (lactones) is 1. The summed E-state index contributed by atoms with van der Waals surface area (Å²) in [6.45, 7) is 0.391. The van der Waals surface area contributed by atoms with Gasteiger partial charge >= 0.3 is 5.97 Å². The topological polar surface area (TPSA) is 46.5 Å². The molecule has 0 radical (unpaired) electrons. The first-order chi connectivity index (χ1) is 5.68. The van der Waals surface area contributed by atoms with Crippen molar-refractivity contribution in [2.75, 3.05) is 6.61 Å². The third-order valence-electron chi connectivity index (χ3n) is 2.67. The Labute approximate surface area is 71.7 Å². The van der Waals surface area contributed by atoms with Gasteiger partial charge in [-0.25, -0.2) is 0 Å². The van der Waals surface area contributed by atoms with Crippen molar-refractivity contribution in [1.82, 2.24) is 0 Å². The summed E-state index contributed by atoms with van der Waals surface area (Å²) in [6, 6.07) is 0. The molecule has 1 atom stereocenters. The number of esters is 1. The average molecular weight is 170 g/mol. The lowest BCUT2D eigenvalue weighted by atomic mass is 9.88. The van der Waals surface area contributed by atoms with Gasteiger partial charge in [-0.05, 0) is 12.3 Å².